The van der Waals surface area contributed by atoms with Gasteiger partial charge in [-0.05, 0) is 37.1 Å². The molecule has 7 nitrogen and oxygen atoms in total. The zero-order chi connectivity index (χ0) is 22.1. The fourth-order valence-corrected chi connectivity index (χ4v) is 3.74. The number of hydrogen-bond donors (Lipinski definition) is 1. The second-order valence-electron chi connectivity index (χ2n) is 6.64. The lowest BCUT2D eigenvalue weighted by Gasteiger charge is -2.28. The number of carbonyl (C=O) groups is 2. The Kier molecular flexibility index (Phi) is 9.14. The third kappa shape index (κ3) is 7.03. The molecule has 2 amide bonds. The fraction of sp³-hybridized carbons (Fsp3) is 0.333. The smallest absolute Gasteiger partial charge is 0.269 e. The van der Waals surface area contributed by atoms with E-state index in [2.05, 4.69) is 5.32 Å². The molecule has 0 aromatic heterocycles. The molecule has 30 heavy (non-hydrogen) atoms. The van der Waals surface area contributed by atoms with Gasteiger partial charge in [0.15, 0.2) is 0 Å². The van der Waals surface area contributed by atoms with Crippen molar-refractivity contribution in [1.29, 1.82) is 0 Å². The monoisotopic (exact) mass is 449 g/mol. The van der Waals surface area contributed by atoms with Crippen molar-refractivity contribution in [3.63, 3.8) is 0 Å². The van der Waals surface area contributed by atoms with E-state index in [4.69, 9.17) is 11.6 Å². The summed E-state index contributed by atoms with van der Waals surface area (Å²) in [6.07, 6.45) is 0. The average Bonchev–Trinajstić information content (AvgIpc) is 2.73. The minimum Gasteiger partial charge on any atom is -0.355 e. The van der Waals surface area contributed by atoms with Gasteiger partial charge < -0.3 is 10.2 Å². The van der Waals surface area contributed by atoms with Crippen LogP contribution in [0.15, 0.2) is 48.5 Å². The summed E-state index contributed by atoms with van der Waals surface area (Å²) in [6, 6.07) is 12.8. The molecule has 1 atom stereocenters. The van der Waals surface area contributed by atoms with Gasteiger partial charge in [0.25, 0.3) is 5.69 Å². The SMILES string of the molecule is CCNC(=O)[C@H](C)N(Cc1ccc(Cl)cc1)C(=O)CSCc1ccc([N+](=O)[O-])cc1. The Morgan fingerprint density at radius 2 is 1.73 bits per heavy atom. The van der Waals surface area contributed by atoms with Crippen molar-refractivity contribution in [2.24, 2.45) is 0 Å². The number of likely N-dealkylation sites (N-methyl/N-ethyl adjacent to an activating group) is 1. The van der Waals surface area contributed by atoms with Gasteiger partial charge in [-0.3, -0.25) is 19.7 Å². The van der Waals surface area contributed by atoms with Crippen LogP contribution in [0.5, 0.6) is 0 Å². The molecule has 2 rings (SSSR count). The first-order chi connectivity index (χ1) is 14.3. The van der Waals surface area contributed by atoms with E-state index in [0.717, 1.165) is 11.1 Å². The fourth-order valence-electron chi connectivity index (χ4n) is 2.74. The Morgan fingerprint density at radius 3 is 2.30 bits per heavy atom. The summed E-state index contributed by atoms with van der Waals surface area (Å²) >= 11 is 7.33. The third-order valence-electron chi connectivity index (χ3n) is 4.43. The van der Waals surface area contributed by atoms with Crippen LogP contribution < -0.4 is 5.32 Å². The van der Waals surface area contributed by atoms with Crippen LogP contribution in [-0.2, 0) is 21.9 Å². The van der Waals surface area contributed by atoms with Crippen LogP contribution in [0.3, 0.4) is 0 Å². The first kappa shape index (κ1) is 23.7. The van der Waals surface area contributed by atoms with Gasteiger partial charge in [0.1, 0.15) is 6.04 Å². The predicted molar refractivity (Wildman–Crippen MR) is 119 cm³/mol. The number of nitro groups is 1. The molecule has 0 fully saturated rings. The second-order valence-corrected chi connectivity index (χ2v) is 8.06. The Labute approximate surface area is 184 Å². The van der Waals surface area contributed by atoms with Crippen molar-refractivity contribution < 1.29 is 14.5 Å². The number of carbonyl (C=O) groups excluding carboxylic acids is 2. The summed E-state index contributed by atoms with van der Waals surface area (Å²) in [7, 11) is 0. The van der Waals surface area contributed by atoms with Crippen molar-refractivity contribution in [3.8, 4) is 0 Å². The van der Waals surface area contributed by atoms with Crippen LogP contribution in [-0.4, -0.2) is 40.0 Å². The molecule has 2 aromatic carbocycles. The number of benzene rings is 2. The summed E-state index contributed by atoms with van der Waals surface area (Å²) in [5.74, 6) is 0.360. The number of nitrogens with zero attached hydrogens (tertiary/aromatic N) is 2. The number of thioether (sulfide) groups is 1. The minimum atomic E-state index is -0.617. The van der Waals surface area contributed by atoms with E-state index < -0.39 is 11.0 Å². The van der Waals surface area contributed by atoms with E-state index >= 15 is 0 Å². The van der Waals surface area contributed by atoms with Gasteiger partial charge in [-0.15, -0.1) is 11.8 Å². The Morgan fingerprint density at radius 1 is 1.13 bits per heavy atom. The molecule has 2 aromatic rings. The van der Waals surface area contributed by atoms with Gasteiger partial charge in [-0.2, -0.15) is 0 Å². The standard InChI is InChI=1S/C21H24ClN3O4S/c1-3-23-21(27)15(2)24(12-16-4-8-18(22)9-5-16)20(26)14-30-13-17-6-10-19(11-7-17)25(28)29/h4-11,15H,3,12-14H2,1-2H3,(H,23,27)/t15-/m0/s1. The number of halogens is 1. The maximum Gasteiger partial charge on any atom is 0.269 e. The van der Waals surface area contributed by atoms with Crippen molar-refractivity contribution >= 4 is 40.9 Å². The molecule has 0 spiro atoms. The quantitative estimate of drug-likeness (QED) is 0.436. The maximum absolute atomic E-state index is 12.9. The van der Waals surface area contributed by atoms with Gasteiger partial charge >= 0.3 is 0 Å². The highest BCUT2D eigenvalue weighted by Crippen LogP contribution is 2.19. The van der Waals surface area contributed by atoms with Crippen molar-refractivity contribution in [3.05, 3.63) is 74.8 Å². The molecule has 0 radical (unpaired) electrons. The van der Waals surface area contributed by atoms with Crippen LogP contribution >= 0.6 is 23.4 Å². The minimum absolute atomic E-state index is 0.0322. The average molecular weight is 450 g/mol. The Hall–Kier alpha value is -2.58. The lowest BCUT2D eigenvalue weighted by molar-refractivity contribution is -0.384. The zero-order valence-electron chi connectivity index (χ0n) is 16.8. The lowest BCUT2D eigenvalue weighted by Crippen LogP contribution is -2.48. The summed E-state index contributed by atoms with van der Waals surface area (Å²) < 4.78 is 0. The Balaban J connectivity index is 2.02. The molecule has 1 N–H and O–H groups in total. The summed E-state index contributed by atoms with van der Waals surface area (Å²) in [5, 5.41) is 14.1. The van der Waals surface area contributed by atoms with E-state index in [1.54, 1.807) is 36.1 Å². The van der Waals surface area contributed by atoms with Crippen LogP contribution in [0, 0.1) is 10.1 Å². The van der Waals surface area contributed by atoms with E-state index in [-0.39, 0.29) is 23.3 Å². The van der Waals surface area contributed by atoms with Gasteiger partial charge in [-0.1, -0.05) is 35.9 Å². The molecular weight excluding hydrogens is 426 g/mol. The van der Waals surface area contributed by atoms with Gasteiger partial charge in [0, 0.05) is 36.0 Å². The summed E-state index contributed by atoms with van der Waals surface area (Å²) in [4.78, 5) is 37.1. The first-order valence-corrected chi connectivity index (χ1v) is 11.0. The molecule has 160 valence electrons. The van der Waals surface area contributed by atoms with Crippen molar-refractivity contribution in [2.75, 3.05) is 12.3 Å². The number of rotatable bonds is 10. The van der Waals surface area contributed by atoms with Crippen molar-refractivity contribution in [1.82, 2.24) is 10.2 Å². The molecule has 0 aliphatic heterocycles. The van der Waals surface area contributed by atoms with E-state index in [0.29, 0.717) is 23.9 Å². The molecule has 0 unspecified atom stereocenters. The van der Waals surface area contributed by atoms with E-state index in [1.165, 1.54) is 23.9 Å². The van der Waals surface area contributed by atoms with Crippen molar-refractivity contribution in [2.45, 2.75) is 32.2 Å². The van der Waals surface area contributed by atoms with E-state index in [9.17, 15) is 19.7 Å². The highest BCUT2D eigenvalue weighted by molar-refractivity contribution is 7.99. The number of nitrogens with one attached hydrogen (secondary N) is 1. The molecule has 0 saturated carbocycles. The van der Waals surface area contributed by atoms with Crippen LogP contribution in [0.4, 0.5) is 5.69 Å². The molecule has 0 aliphatic carbocycles. The molecular formula is C21H24ClN3O4S. The number of nitro benzene ring substituents is 1. The first-order valence-electron chi connectivity index (χ1n) is 9.44. The summed E-state index contributed by atoms with van der Waals surface area (Å²) in [6.45, 7) is 4.32. The molecule has 0 saturated heterocycles. The largest absolute Gasteiger partial charge is 0.355 e. The second kappa shape index (κ2) is 11.6. The Bertz CT molecular complexity index is 875. The molecule has 0 heterocycles. The number of hydrogen-bond acceptors (Lipinski definition) is 5. The van der Waals surface area contributed by atoms with Gasteiger partial charge in [0.2, 0.25) is 11.8 Å². The maximum atomic E-state index is 12.9. The molecule has 9 heteroatoms. The topological polar surface area (TPSA) is 92.6 Å². The molecule has 0 bridgehead atoms. The third-order valence-corrected chi connectivity index (χ3v) is 5.67. The highest BCUT2D eigenvalue weighted by Gasteiger charge is 2.25. The lowest BCUT2D eigenvalue weighted by atomic mass is 10.1. The molecule has 0 aliphatic rings. The highest BCUT2D eigenvalue weighted by atomic mass is 35.5. The normalized spacial score (nSPS) is 11.6. The zero-order valence-corrected chi connectivity index (χ0v) is 18.4. The number of non-ortho nitro benzene ring substituents is 1. The van der Waals surface area contributed by atoms with Gasteiger partial charge in [0.05, 0.1) is 10.7 Å². The van der Waals surface area contributed by atoms with Crippen LogP contribution in [0.25, 0.3) is 0 Å². The van der Waals surface area contributed by atoms with Crippen LogP contribution in [0.1, 0.15) is 25.0 Å². The predicted octanol–water partition coefficient (Wildman–Crippen LogP) is 4.03. The summed E-state index contributed by atoms with van der Waals surface area (Å²) in [5.41, 5.74) is 1.80. The van der Waals surface area contributed by atoms with Crippen LogP contribution in [0.2, 0.25) is 5.02 Å². The van der Waals surface area contributed by atoms with E-state index in [1.807, 2.05) is 19.1 Å². The van der Waals surface area contributed by atoms with Gasteiger partial charge in [-0.25, -0.2) is 0 Å². The number of amides is 2.